The number of unbranched alkanes of at least 4 members (excludes halogenated alkanes) is 21. The molecule has 38 heavy (non-hydrogen) atoms. The fourth-order valence-corrected chi connectivity index (χ4v) is 6.18. The molecular weight excluding hydrogens is 460 g/mol. The van der Waals surface area contributed by atoms with E-state index in [2.05, 4.69) is 44.7 Å². The molecule has 2 heteroatoms. The average molecular weight is 531 g/mol. The molecule has 1 rings (SSSR count). The fourth-order valence-electron chi connectivity index (χ4n) is 6.18. The highest BCUT2D eigenvalue weighted by atomic mass is 15.1. The van der Waals surface area contributed by atoms with Gasteiger partial charge in [-0.15, -0.1) is 0 Å². The lowest BCUT2D eigenvalue weighted by Gasteiger charge is -2.22. The largest absolute Gasteiger partial charge is 0.332 e. The molecule has 0 spiro atoms. The van der Waals surface area contributed by atoms with Crippen LogP contribution in [-0.4, -0.2) is 9.55 Å². The van der Waals surface area contributed by atoms with Crippen molar-refractivity contribution >= 4 is 0 Å². The molecule has 0 saturated heterocycles. The second-order valence-electron chi connectivity index (χ2n) is 12.5. The highest BCUT2D eigenvalue weighted by Gasteiger charge is 2.19. The predicted octanol–water partition coefficient (Wildman–Crippen LogP) is 13.1. The molecule has 0 aliphatic carbocycles. The zero-order valence-electron chi connectivity index (χ0n) is 26.8. The van der Waals surface area contributed by atoms with E-state index in [0.717, 1.165) is 0 Å². The average Bonchev–Trinajstić information content (AvgIpc) is 3.42. The Balaban J connectivity index is 2.43. The van der Waals surface area contributed by atoms with Crippen LogP contribution in [0.3, 0.4) is 0 Å². The summed E-state index contributed by atoms with van der Waals surface area (Å²) in [6.07, 6.45) is 42.3. The molecule has 0 radical (unpaired) electrons. The van der Waals surface area contributed by atoms with Crippen molar-refractivity contribution in [2.45, 2.75) is 213 Å². The summed E-state index contributed by atoms with van der Waals surface area (Å²) in [4.78, 5) is 4.97. The SMILES string of the molecule is CCCCCCCCCCCCCC(CCCCCCCCCCC)c1nccn1C(C)CCCCCC. The quantitative estimate of drug-likeness (QED) is 0.0941. The summed E-state index contributed by atoms with van der Waals surface area (Å²) in [5.41, 5.74) is 0. The van der Waals surface area contributed by atoms with Gasteiger partial charge in [0.2, 0.25) is 0 Å². The van der Waals surface area contributed by atoms with E-state index in [1.807, 2.05) is 0 Å². The Kier molecular flexibility index (Phi) is 24.5. The molecule has 2 unspecified atom stereocenters. The minimum Gasteiger partial charge on any atom is -0.332 e. The molecule has 0 aliphatic rings. The second-order valence-corrected chi connectivity index (χ2v) is 12.5. The Hall–Kier alpha value is -0.790. The van der Waals surface area contributed by atoms with Crippen molar-refractivity contribution in [2.75, 3.05) is 0 Å². The molecule has 0 fully saturated rings. The summed E-state index contributed by atoms with van der Waals surface area (Å²) in [5.74, 6) is 2.06. The molecular formula is C36H70N2. The van der Waals surface area contributed by atoms with Gasteiger partial charge in [0.05, 0.1) is 0 Å². The van der Waals surface area contributed by atoms with E-state index in [1.54, 1.807) is 0 Å². The number of imidazole rings is 1. The standard InChI is InChI=1S/C36H70N2/c1-5-8-11-14-16-18-19-21-23-25-28-31-35(30-27-24-22-20-17-15-12-9-6-2)36-37-32-33-38(36)34(4)29-26-13-10-7-3/h32-35H,5-31H2,1-4H3. The van der Waals surface area contributed by atoms with Crippen LogP contribution in [-0.2, 0) is 0 Å². The van der Waals surface area contributed by atoms with Crippen LogP contribution >= 0.6 is 0 Å². The van der Waals surface area contributed by atoms with Gasteiger partial charge >= 0.3 is 0 Å². The lowest BCUT2D eigenvalue weighted by molar-refractivity contribution is 0.413. The van der Waals surface area contributed by atoms with Crippen molar-refractivity contribution < 1.29 is 0 Å². The first kappa shape index (κ1) is 35.2. The lowest BCUT2D eigenvalue weighted by Crippen LogP contribution is -2.13. The van der Waals surface area contributed by atoms with E-state index in [4.69, 9.17) is 4.98 Å². The van der Waals surface area contributed by atoms with Crippen LogP contribution < -0.4 is 0 Å². The number of rotatable bonds is 29. The van der Waals surface area contributed by atoms with Crippen molar-refractivity contribution in [1.82, 2.24) is 9.55 Å². The van der Waals surface area contributed by atoms with Crippen molar-refractivity contribution in [2.24, 2.45) is 0 Å². The van der Waals surface area contributed by atoms with Crippen LogP contribution in [0, 0.1) is 0 Å². The molecule has 224 valence electrons. The monoisotopic (exact) mass is 531 g/mol. The van der Waals surface area contributed by atoms with Crippen LogP contribution in [0.2, 0.25) is 0 Å². The fraction of sp³-hybridized carbons (Fsp3) is 0.917. The highest BCUT2D eigenvalue weighted by Crippen LogP contribution is 2.30. The van der Waals surface area contributed by atoms with E-state index in [9.17, 15) is 0 Å². The van der Waals surface area contributed by atoms with Crippen molar-refractivity contribution in [3.63, 3.8) is 0 Å². The molecule has 0 bridgehead atoms. The van der Waals surface area contributed by atoms with Crippen molar-refractivity contribution in [3.8, 4) is 0 Å². The van der Waals surface area contributed by atoms with Crippen LogP contribution in [0.15, 0.2) is 12.4 Å². The van der Waals surface area contributed by atoms with E-state index in [-0.39, 0.29) is 0 Å². The van der Waals surface area contributed by atoms with Crippen LogP contribution in [0.1, 0.15) is 219 Å². The summed E-state index contributed by atoms with van der Waals surface area (Å²) in [5, 5.41) is 0. The van der Waals surface area contributed by atoms with E-state index in [0.29, 0.717) is 12.0 Å². The molecule has 0 aromatic carbocycles. The topological polar surface area (TPSA) is 17.8 Å². The van der Waals surface area contributed by atoms with Crippen LogP contribution in [0.5, 0.6) is 0 Å². The maximum atomic E-state index is 4.97. The van der Waals surface area contributed by atoms with Gasteiger partial charge in [0.25, 0.3) is 0 Å². The maximum Gasteiger partial charge on any atom is 0.111 e. The van der Waals surface area contributed by atoms with Gasteiger partial charge in [-0.3, -0.25) is 0 Å². The maximum absolute atomic E-state index is 4.97. The van der Waals surface area contributed by atoms with Gasteiger partial charge in [-0.05, 0) is 26.2 Å². The van der Waals surface area contributed by atoms with Gasteiger partial charge in [-0.2, -0.15) is 0 Å². The highest BCUT2D eigenvalue weighted by molar-refractivity contribution is 5.02. The zero-order chi connectivity index (χ0) is 27.5. The zero-order valence-corrected chi connectivity index (χ0v) is 26.8. The van der Waals surface area contributed by atoms with Crippen LogP contribution in [0.4, 0.5) is 0 Å². The lowest BCUT2D eigenvalue weighted by atomic mass is 9.92. The van der Waals surface area contributed by atoms with Crippen molar-refractivity contribution in [3.05, 3.63) is 18.2 Å². The van der Waals surface area contributed by atoms with Gasteiger partial charge in [-0.1, -0.05) is 175 Å². The predicted molar refractivity (Wildman–Crippen MR) is 171 cm³/mol. The van der Waals surface area contributed by atoms with Gasteiger partial charge in [-0.25, -0.2) is 4.98 Å². The first-order valence-electron chi connectivity index (χ1n) is 17.8. The van der Waals surface area contributed by atoms with Crippen LogP contribution in [0.25, 0.3) is 0 Å². The molecule has 0 amide bonds. The molecule has 0 N–H and O–H groups in total. The molecule has 0 aliphatic heterocycles. The first-order chi connectivity index (χ1) is 18.7. The van der Waals surface area contributed by atoms with E-state index < -0.39 is 0 Å². The molecule has 2 atom stereocenters. The minimum atomic E-state index is 0.590. The third-order valence-corrected chi connectivity index (χ3v) is 8.83. The molecule has 1 heterocycles. The molecule has 1 aromatic rings. The minimum absolute atomic E-state index is 0.590. The first-order valence-corrected chi connectivity index (χ1v) is 17.8. The van der Waals surface area contributed by atoms with Crippen molar-refractivity contribution in [1.29, 1.82) is 0 Å². The summed E-state index contributed by atoms with van der Waals surface area (Å²) in [7, 11) is 0. The van der Waals surface area contributed by atoms with Gasteiger partial charge in [0, 0.05) is 24.4 Å². The number of hydrogen-bond donors (Lipinski definition) is 0. The number of hydrogen-bond acceptors (Lipinski definition) is 1. The number of nitrogens with zero attached hydrogens (tertiary/aromatic N) is 2. The van der Waals surface area contributed by atoms with E-state index >= 15 is 0 Å². The number of aromatic nitrogens is 2. The Morgan fingerprint density at radius 1 is 0.500 bits per heavy atom. The second kappa shape index (κ2) is 26.4. The Morgan fingerprint density at radius 3 is 1.26 bits per heavy atom. The third kappa shape index (κ3) is 18.5. The molecule has 2 nitrogen and oxygen atoms in total. The molecule has 1 aromatic heterocycles. The van der Waals surface area contributed by atoms with Gasteiger partial charge in [0.1, 0.15) is 5.82 Å². The summed E-state index contributed by atoms with van der Waals surface area (Å²) in [6, 6.07) is 0.590. The summed E-state index contributed by atoms with van der Waals surface area (Å²) >= 11 is 0. The Labute approximate surface area is 240 Å². The van der Waals surface area contributed by atoms with Gasteiger partial charge < -0.3 is 4.57 Å². The Morgan fingerprint density at radius 2 is 0.842 bits per heavy atom. The van der Waals surface area contributed by atoms with E-state index in [1.165, 1.54) is 179 Å². The van der Waals surface area contributed by atoms with Gasteiger partial charge in [0.15, 0.2) is 0 Å². The normalized spacial score (nSPS) is 13.3. The Bertz CT molecular complexity index is 592. The third-order valence-electron chi connectivity index (χ3n) is 8.83. The molecule has 0 saturated carbocycles. The smallest absolute Gasteiger partial charge is 0.111 e. The summed E-state index contributed by atoms with van der Waals surface area (Å²) < 4.78 is 2.56. The summed E-state index contributed by atoms with van der Waals surface area (Å²) in [6.45, 7) is 9.35.